The second-order valence-corrected chi connectivity index (χ2v) is 4.38. The molecule has 1 heterocycles. The van der Waals surface area contributed by atoms with Gasteiger partial charge >= 0.3 is 21.3 Å². The number of rotatable bonds is 3. The SMILES string of the molecule is O=C(OC1CCOOC1)C(F)(F)S(=O)(=O)O. The number of carbonyl (C=O) groups excluding carboxylic acids is 1. The second kappa shape index (κ2) is 4.57. The predicted molar refractivity (Wildman–Crippen MR) is 42.9 cm³/mol. The number of esters is 1. The summed E-state index contributed by atoms with van der Waals surface area (Å²) < 4.78 is 58.0. The van der Waals surface area contributed by atoms with Crippen molar-refractivity contribution in [2.24, 2.45) is 0 Å². The van der Waals surface area contributed by atoms with Crippen LogP contribution in [-0.2, 0) is 29.4 Å². The van der Waals surface area contributed by atoms with E-state index in [2.05, 4.69) is 14.5 Å². The Balaban J connectivity index is 2.64. The third kappa shape index (κ3) is 2.84. The lowest BCUT2D eigenvalue weighted by Crippen LogP contribution is -2.42. The highest BCUT2D eigenvalue weighted by molar-refractivity contribution is 7.87. The van der Waals surface area contributed by atoms with Crippen LogP contribution in [0.25, 0.3) is 0 Å². The smallest absolute Gasteiger partial charge is 0.454 e. The second-order valence-electron chi connectivity index (χ2n) is 2.91. The van der Waals surface area contributed by atoms with E-state index in [0.29, 0.717) is 0 Å². The Labute approximate surface area is 88.9 Å². The molecule has 7 nitrogen and oxygen atoms in total. The van der Waals surface area contributed by atoms with Crippen molar-refractivity contribution in [1.29, 1.82) is 0 Å². The quantitative estimate of drug-likeness (QED) is 0.424. The fourth-order valence-corrected chi connectivity index (χ4v) is 1.12. The van der Waals surface area contributed by atoms with E-state index in [0.717, 1.165) is 0 Å². The van der Waals surface area contributed by atoms with E-state index in [1.54, 1.807) is 0 Å². The van der Waals surface area contributed by atoms with E-state index in [9.17, 15) is 22.0 Å². The molecule has 1 saturated heterocycles. The highest BCUT2D eigenvalue weighted by Crippen LogP contribution is 2.23. The lowest BCUT2D eigenvalue weighted by atomic mass is 10.3. The number of hydrogen-bond acceptors (Lipinski definition) is 6. The molecule has 1 atom stereocenters. The van der Waals surface area contributed by atoms with Crippen LogP contribution in [0.3, 0.4) is 0 Å². The maximum atomic E-state index is 12.7. The van der Waals surface area contributed by atoms with Gasteiger partial charge in [-0.3, -0.25) is 4.55 Å². The maximum absolute atomic E-state index is 12.7. The molecule has 0 aromatic heterocycles. The molecule has 1 fully saturated rings. The summed E-state index contributed by atoms with van der Waals surface area (Å²) in [5.74, 6) is -2.34. The molecule has 1 rings (SSSR count). The highest BCUT2D eigenvalue weighted by Gasteiger charge is 2.54. The molecule has 0 saturated carbocycles. The Hall–Kier alpha value is -0.840. The third-order valence-electron chi connectivity index (χ3n) is 1.70. The molecule has 1 unspecified atom stereocenters. The van der Waals surface area contributed by atoms with Crippen LogP contribution < -0.4 is 0 Å². The van der Waals surface area contributed by atoms with Crippen LogP contribution in [-0.4, -0.2) is 43.5 Å². The van der Waals surface area contributed by atoms with Crippen molar-refractivity contribution in [2.75, 3.05) is 13.2 Å². The van der Waals surface area contributed by atoms with E-state index in [-0.39, 0.29) is 19.6 Å². The molecular formula is C6H8F2O7S. The zero-order valence-corrected chi connectivity index (χ0v) is 8.58. The molecule has 0 aromatic rings. The van der Waals surface area contributed by atoms with E-state index in [1.807, 2.05) is 0 Å². The van der Waals surface area contributed by atoms with Crippen LogP contribution in [0.15, 0.2) is 0 Å². The summed E-state index contributed by atoms with van der Waals surface area (Å²) in [5, 5.41) is -4.98. The normalized spacial score (nSPS) is 22.8. The third-order valence-corrected chi connectivity index (χ3v) is 2.51. The predicted octanol–water partition coefficient (Wildman–Crippen LogP) is -0.269. The van der Waals surface area contributed by atoms with Crippen molar-refractivity contribution >= 4 is 16.1 Å². The lowest BCUT2D eigenvalue weighted by molar-refractivity contribution is -0.331. The average molecular weight is 262 g/mol. The Morgan fingerprint density at radius 2 is 2.06 bits per heavy atom. The molecule has 94 valence electrons. The van der Waals surface area contributed by atoms with Crippen molar-refractivity contribution in [2.45, 2.75) is 17.8 Å². The van der Waals surface area contributed by atoms with Gasteiger partial charge in [-0.05, 0) is 0 Å². The standard InChI is InChI=1S/C6H8F2O7S/c7-6(8,16(10,11)12)5(9)15-4-1-2-13-14-3-4/h4H,1-3H2,(H,10,11,12). The maximum Gasteiger partial charge on any atom is 0.465 e. The van der Waals surface area contributed by atoms with Gasteiger partial charge in [-0.2, -0.15) is 17.2 Å². The zero-order chi connectivity index (χ0) is 12.4. The van der Waals surface area contributed by atoms with Gasteiger partial charge in [0, 0.05) is 6.42 Å². The Morgan fingerprint density at radius 1 is 1.44 bits per heavy atom. The van der Waals surface area contributed by atoms with Crippen LogP contribution in [0.2, 0.25) is 0 Å². The molecule has 0 amide bonds. The Morgan fingerprint density at radius 3 is 2.50 bits per heavy atom. The minimum absolute atomic E-state index is 0.0232. The molecule has 0 bridgehead atoms. The first-order chi connectivity index (χ1) is 7.25. The van der Waals surface area contributed by atoms with Gasteiger partial charge in [-0.25, -0.2) is 14.6 Å². The van der Waals surface area contributed by atoms with Crippen LogP contribution in [0.4, 0.5) is 8.78 Å². The van der Waals surface area contributed by atoms with Crippen molar-refractivity contribution in [1.82, 2.24) is 0 Å². The zero-order valence-electron chi connectivity index (χ0n) is 7.76. The number of hydrogen-bond donors (Lipinski definition) is 1. The van der Waals surface area contributed by atoms with Gasteiger partial charge in [-0.1, -0.05) is 0 Å². The molecule has 0 aliphatic carbocycles. The van der Waals surface area contributed by atoms with E-state index < -0.39 is 27.4 Å². The highest BCUT2D eigenvalue weighted by atomic mass is 32.2. The summed E-state index contributed by atoms with van der Waals surface area (Å²) in [5.41, 5.74) is 0. The first-order valence-corrected chi connectivity index (χ1v) is 5.49. The molecule has 1 N–H and O–H groups in total. The van der Waals surface area contributed by atoms with E-state index in [1.165, 1.54) is 0 Å². The molecule has 1 aliphatic heterocycles. The van der Waals surface area contributed by atoms with Crippen molar-refractivity contribution in [3.63, 3.8) is 0 Å². The average Bonchev–Trinajstić information content (AvgIpc) is 2.17. The van der Waals surface area contributed by atoms with Crippen LogP contribution in [0, 0.1) is 0 Å². The molecule has 0 radical (unpaired) electrons. The molecule has 0 spiro atoms. The van der Waals surface area contributed by atoms with E-state index >= 15 is 0 Å². The van der Waals surface area contributed by atoms with Crippen LogP contribution in [0.5, 0.6) is 0 Å². The van der Waals surface area contributed by atoms with Gasteiger partial charge in [0.1, 0.15) is 12.7 Å². The van der Waals surface area contributed by atoms with Gasteiger partial charge < -0.3 is 4.74 Å². The largest absolute Gasteiger partial charge is 0.465 e. The first kappa shape index (κ1) is 13.2. The molecule has 10 heteroatoms. The van der Waals surface area contributed by atoms with Gasteiger partial charge in [-0.15, -0.1) is 0 Å². The minimum Gasteiger partial charge on any atom is -0.454 e. The van der Waals surface area contributed by atoms with Crippen LogP contribution >= 0.6 is 0 Å². The molecule has 16 heavy (non-hydrogen) atoms. The fraction of sp³-hybridized carbons (Fsp3) is 0.833. The number of carbonyl (C=O) groups is 1. The van der Waals surface area contributed by atoms with Crippen molar-refractivity contribution in [3.05, 3.63) is 0 Å². The Bertz CT molecular complexity index is 359. The monoisotopic (exact) mass is 262 g/mol. The number of ether oxygens (including phenoxy) is 1. The molecule has 0 aromatic carbocycles. The van der Waals surface area contributed by atoms with Crippen molar-refractivity contribution in [3.8, 4) is 0 Å². The van der Waals surface area contributed by atoms with Gasteiger partial charge in [0.05, 0.1) is 6.61 Å². The summed E-state index contributed by atoms with van der Waals surface area (Å²) in [6.45, 7) is -0.261. The molecular weight excluding hydrogens is 254 g/mol. The summed E-state index contributed by atoms with van der Waals surface area (Å²) in [4.78, 5) is 19.5. The fourth-order valence-electron chi connectivity index (χ4n) is 0.864. The number of alkyl halides is 2. The first-order valence-electron chi connectivity index (χ1n) is 4.05. The lowest BCUT2D eigenvalue weighted by Gasteiger charge is -2.22. The van der Waals surface area contributed by atoms with Gasteiger partial charge in [0.2, 0.25) is 0 Å². The summed E-state index contributed by atoms with van der Waals surface area (Å²) in [7, 11) is -5.83. The summed E-state index contributed by atoms with van der Waals surface area (Å²) in [6.07, 6.45) is -0.943. The van der Waals surface area contributed by atoms with E-state index in [4.69, 9.17) is 4.55 Å². The summed E-state index contributed by atoms with van der Waals surface area (Å²) in [6, 6.07) is 0. The van der Waals surface area contributed by atoms with Gasteiger partial charge in [0.25, 0.3) is 0 Å². The summed E-state index contributed by atoms with van der Waals surface area (Å²) >= 11 is 0. The van der Waals surface area contributed by atoms with Gasteiger partial charge in [0.15, 0.2) is 0 Å². The topological polar surface area (TPSA) is 99.1 Å². The van der Waals surface area contributed by atoms with Crippen LogP contribution in [0.1, 0.15) is 6.42 Å². The number of halogens is 2. The Kier molecular flexibility index (Phi) is 3.78. The molecule has 1 aliphatic rings. The minimum atomic E-state index is -5.83. The van der Waals surface area contributed by atoms with Crippen molar-refractivity contribution < 1.29 is 41.1 Å².